The van der Waals surface area contributed by atoms with Crippen molar-refractivity contribution in [3.63, 3.8) is 0 Å². The fourth-order valence-corrected chi connectivity index (χ4v) is 3.20. The molecule has 0 aliphatic carbocycles. The monoisotopic (exact) mass is 384 g/mol. The lowest BCUT2D eigenvalue weighted by Gasteiger charge is -2.22. The zero-order valence-electron chi connectivity index (χ0n) is 14.2. The van der Waals surface area contributed by atoms with Gasteiger partial charge in [-0.15, -0.1) is 0 Å². The van der Waals surface area contributed by atoms with E-state index >= 15 is 0 Å². The fraction of sp³-hybridized carbons (Fsp3) is 0.235. The smallest absolute Gasteiger partial charge is 0.232 e. The molecule has 0 atom stereocenters. The second-order valence-corrected chi connectivity index (χ2v) is 7.37. The number of nitrogens with one attached hydrogen (secondary N) is 1. The van der Waals surface area contributed by atoms with Crippen LogP contribution in [0.15, 0.2) is 42.5 Å². The number of carbonyl (C=O) groups excluding carboxylic acids is 1. The maximum absolute atomic E-state index is 13.9. The minimum atomic E-state index is -3.86. The number of methoxy groups -OCH3 is 1. The topological polar surface area (TPSA) is 75.7 Å². The first-order valence-electron chi connectivity index (χ1n) is 7.57. The minimum absolute atomic E-state index is 0.221. The Hall–Kier alpha value is -2.68. The van der Waals surface area contributed by atoms with Gasteiger partial charge in [0.2, 0.25) is 15.9 Å². The van der Waals surface area contributed by atoms with Crippen molar-refractivity contribution in [2.24, 2.45) is 0 Å². The predicted molar refractivity (Wildman–Crippen MR) is 94.8 cm³/mol. The Morgan fingerprint density at radius 3 is 2.54 bits per heavy atom. The van der Waals surface area contributed by atoms with E-state index in [0.29, 0.717) is 17.5 Å². The van der Waals surface area contributed by atoms with Crippen molar-refractivity contribution < 1.29 is 26.7 Å². The van der Waals surface area contributed by atoms with Gasteiger partial charge in [-0.2, -0.15) is 0 Å². The lowest BCUT2D eigenvalue weighted by atomic mass is 10.2. The molecular weight excluding hydrogens is 366 g/mol. The first-order valence-corrected chi connectivity index (χ1v) is 9.42. The van der Waals surface area contributed by atoms with Crippen LogP contribution in [0.4, 0.5) is 20.2 Å². The minimum Gasteiger partial charge on any atom is -0.497 e. The first kappa shape index (κ1) is 19.6. The van der Waals surface area contributed by atoms with Gasteiger partial charge in [-0.3, -0.25) is 9.10 Å². The third kappa shape index (κ3) is 5.16. The van der Waals surface area contributed by atoms with E-state index in [2.05, 4.69) is 5.32 Å². The summed E-state index contributed by atoms with van der Waals surface area (Å²) < 4.78 is 56.6. The number of hydrogen-bond acceptors (Lipinski definition) is 4. The Morgan fingerprint density at radius 1 is 1.19 bits per heavy atom. The van der Waals surface area contributed by atoms with Gasteiger partial charge < -0.3 is 10.1 Å². The number of carbonyl (C=O) groups is 1. The summed E-state index contributed by atoms with van der Waals surface area (Å²) >= 11 is 0. The van der Waals surface area contributed by atoms with E-state index in [1.54, 1.807) is 24.3 Å². The van der Waals surface area contributed by atoms with Crippen molar-refractivity contribution in [2.75, 3.05) is 29.5 Å². The maximum atomic E-state index is 13.9. The number of halogens is 2. The lowest BCUT2D eigenvalue weighted by molar-refractivity contribution is -0.116. The molecule has 0 saturated carbocycles. The Kier molecular flexibility index (Phi) is 6.14. The molecule has 6 nitrogen and oxygen atoms in total. The zero-order valence-corrected chi connectivity index (χ0v) is 15.0. The van der Waals surface area contributed by atoms with E-state index in [9.17, 15) is 22.0 Å². The van der Waals surface area contributed by atoms with Crippen molar-refractivity contribution in [3.05, 3.63) is 54.1 Å². The van der Waals surface area contributed by atoms with E-state index < -0.39 is 27.6 Å². The normalized spacial score (nSPS) is 11.1. The SMILES string of the molecule is COc1cccc(NC(=O)CCN(c2ccc(F)cc2F)S(C)(=O)=O)c1. The van der Waals surface area contributed by atoms with Gasteiger partial charge in [-0.1, -0.05) is 6.07 Å². The molecule has 0 unspecified atom stereocenters. The summed E-state index contributed by atoms with van der Waals surface area (Å²) in [7, 11) is -2.37. The molecule has 0 saturated heterocycles. The van der Waals surface area contributed by atoms with Crippen molar-refractivity contribution >= 4 is 27.3 Å². The van der Waals surface area contributed by atoms with E-state index in [1.165, 1.54) is 7.11 Å². The van der Waals surface area contributed by atoms with Gasteiger partial charge >= 0.3 is 0 Å². The highest BCUT2D eigenvalue weighted by molar-refractivity contribution is 7.92. The van der Waals surface area contributed by atoms with Crippen LogP contribution in [0.25, 0.3) is 0 Å². The molecule has 2 aromatic rings. The standard InChI is InChI=1S/C17H18F2N2O4S/c1-25-14-5-3-4-13(11-14)20-17(22)8-9-21(26(2,23)24)16-7-6-12(18)10-15(16)19/h3-7,10-11H,8-9H2,1-2H3,(H,20,22). The van der Waals surface area contributed by atoms with E-state index in [4.69, 9.17) is 4.74 Å². The summed E-state index contributed by atoms with van der Waals surface area (Å²) in [5.41, 5.74) is 0.163. The predicted octanol–water partition coefficient (Wildman–Crippen LogP) is 2.77. The Balaban J connectivity index is 2.11. The molecule has 1 amide bonds. The van der Waals surface area contributed by atoms with Gasteiger partial charge in [-0.05, 0) is 24.3 Å². The van der Waals surface area contributed by atoms with Crippen LogP contribution in [-0.2, 0) is 14.8 Å². The number of sulfonamides is 1. The van der Waals surface area contributed by atoms with Crippen LogP contribution in [0, 0.1) is 11.6 Å². The highest BCUT2D eigenvalue weighted by Crippen LogP contribution is 2.23. The third-order valence-corrected chi connectivity index (χ3v) is 4.65. The molecule has 1 N–H and O–H groups in total. The molecule has 2 aromatic carbocycles. The van der Waals surface area contributed by atoms with Crippen molar-refractivity contribution in [3.8, 4) is 5.75 Å². The van der Waals surface area contributed by atoms with Gasteiger partial charge in [0.25, 0.3) is 0 Å². The molecule has 0 heterocycles. The van der Waals surface area contributed by atoms with Crippen LogP contribution in [0.5, 0.6) is 5.75 Å². The van der Waals surface area contributed by atoms with Gasteiger partial charge in [0.1, 0.15) is 17.4 Å². The van der Waals surface area contributed by atoms with Gasteiger partial charge in [0, 0.05) is 30.8 Å². The first-order chi connectivity index (χ1) is 12.2. The summed E-state index contributed by atoms with van der Waals surface area (Å²) in [5.74, 6) is -1.76. The molecule has 0 aliphatic rings. The molecule has 0 aliphatic heterocycles. The molecule has 26 heavy (non-hydrogen) atoms. The van der Waals surface area contributed by atoms with Crippen molar-refractivity contribution in [1.29, 1.82) is 0 Å². The number of ether oxygens (including phenoxy) is 1. The van der Waals surface area contributed by atoms with Gasteiger partial charge in [0.15, 0.2) is 0 Å². The summed E-state index contributed by atoms with van der Waals surface area (Å²) in [6.45, 7) is -0.294. The largest absolute Gasteiger partial charge is 0.497 e. The maximum Gasteiger partial charge on any atom is 0.232 e. The summed E-state index contributed by atoms with van der Waals surface area (Å²) in [6.07, 6.45) is 0.664. The summed E-state index contributed by atoms with van der Waals surface area (Å²) in [5, 5.41) is 2.60. The molecule has 0 radical (unpaired) electrons. The van der Waals surface area contributed by atoms with Crippen LogP contribution < -0.4 is 14.4 Å². The van der Waals surface area contributed by atoms with Crippen LogP contribution in [0.2, 0.25) is 0 Å². The average Bonchev–Trinajstić information content (AvgIpc) is 2.55. The molecule has 0 aromatic heterocycles. The quantitative estimate of drug-likeness (QED) is 0.797. The van der Waals surface area contributed by atoms with Crippen LogP contribution in [-0.4, -0.2) is 34.2 Å². The molecule has 9 heteroatoms. The van der Waals surface area contributed by atoms with Crippen molar-refractivity contribution in [1.82, 2.24) is 0 Å². The van der Waals surface area contributed by atoms with E-state index in [1.807, 2.05) is 0 Å². The van der Waals surface area contributed by atoms with Gasteiger partial charge in [0.05, 0.1) is 19.1 Å². The van der Waals surface area contributed by atoms with E-state index in [0.717, 1.165) is 22.7 Å². The molecule has 0 fully saturated rings. The second kappa shape index (κ2) is 8.13. The van der Waals surface area contributed by atoms with Crippen molar-refractivity contribution in [2.45, 2.75) is 6.42 Å². The molecule has 140 valence electrons. The van der Waals surface area contributed by atoms with Crippen LogP contribution >= 0.6 is 0 Å². The number of anilines is 2. The highest BCUT2D eigenvalue weighted by atomic mass is 32.2. The fourth-order valence-electron chi connectivity index (χ4n) is 2.28. The average molecular weight is 384 g/mol. The number of nitrogens with zero attached hydrogens (tertiary/aromatic N) is 1. The molecular formula is C17H18F2N2O4S. The Labute approximate surface area is 150 Å². The summed E-state index contributed by atoms with van der Waals surface area (Å²) in [6, 6.07) is 9.20. The molecule has 0 bridgehead atoms. The number of rotatable bonds is 7. The van der Waals surface area contributed by atoms with Crippen LogP contribution in [0.1, 0.15) is 6.42 Å². The third-order valence-electron chi connectivity index (χ3n) is 3.47. The highest BCUT2D eigenvalue weighted by Gasteiger charge is 2.22. The zero-order chi connectivity index (χ0) is 19.3. The Bertz CT molecular complexity index is 903. The number of benzene rings is 2. The Morgan fingerprint density at radius 2 is 1.92 bits per heavy atom. The second-order valence-electron chi connectivity index (χ2n) is 5.46. The van der Waals surface area contributed by atoms with Gasteiger partial charge in [-0.25, -0.2) is 17.2 Å². The van der Waals surface area contributed by atoms with E-state index in [-0.39, 0.29) is 18.7 Å². The molecule has 2 rings (SSSR count). The number of amides is 1. The van der Waals surface area contributed by atoms with Crippen LogP contribution in [0.3, 0.4) is 0 Å². The molecule has 0 spiro atoms. The number of hydrogen-bond donors (Lipinski definition) is 1. The summed E-state index contributed by atoms with van der Waals surface area (Å²) in [4.78, 5) is 12.1. The lowest BCUT2D eigenvalue weighted by Crippen LogP contribution is -2.33.